The van der Waals surface area contributed by atoms with Gasteiger partial charge in [0.15, 0.2) is 0 Å². The molecule has 0 radical (unpaired) electrons. The highest BCUT2D eigenvalue weighted by Gasteiger charge is 2.59. The Morgan fingerprint density at radius 2 is 1.80 bits per heavy atom. The molecular weight excluding hydrogens is 353 g/mol. The van der Waals surface area contributed by atoms with E-state index in [0.717, 1.165) is 23.2 Å². The van der Waals surface area contributed by atoms with Crippen molar-refractivity contribution in [3.05, 3.63) is 28.8 Å². The van der Waals surface area contributed by atoms with Gasteiger partial charge >= 0.3 is 0 Å². The smallest absolute Gasteiger partial charge is 0.123 e. The number of nitrogens with one attached hydrogen (secondary N) is 1. The van der Waals surface area contributed by atoms with Crippen LogP contribution in [0.25, 0.3) is 0 Å². The molecule has 25 heavy (non-hydrogen) atoms. The Bertz CT molecular complexity index is 629. The van der Waals surface area contributed by atoms with Crippen molar-refractivity contribution in [2.24, 2.45) is 16.7 Å². The van der Waals surface area contributed by atoms with Gasteiger partial charge in [-0.3, -0.25) is 0 Å². The lowest BCUT2D eigenvalue weighted by Crippen LogP contribution is -2.63. The quantitative estimate of drug-likeness (QED) is 0.672. The van der Waals surface area contributed by atoms with E-state index in [0.29, 0.717) is 23.0 Å². The molecule has 140 valence electrons. The minimum absolute atomic E-state index is 0. The Labute approximate surface area is 163 Å². The Morgan fingerprint density at radius 1 is 1.12 bits per heavy atom. The van der Waals surface area contributed by atoms with E-state index in [9.17, 15) is 0 Å². The summed E-state index contributed by atoms with van der Waals surface area (Å²) in [6.45, 7) is 8.63. The minimum Gasteiger partial charge on any atom is -0.494 e. The van der Waals surface area contributed by atoms with Gasteiger partial charge < -0.3 is 10.1 Å². The van der Waals surface area contributed by atoms with E-state index in [-0.39, 0.29) is 12.4 Å². The number of benzene rings is 1. The van der Waals surface area contributed by atoms with E-state index in [1.807, 2.05) is 19.1 Å². The topological polar surface area (TPSA) is 21.3 Å². The first-order valence-electron chi connectivity index (χ1n) is 9.49. The van der Waals surface area contributed by atoms with Crippen molar-refractivity contribution in [1.29, 1.82) is 0 Å². The van der Waals surface area contributed by atoms with Crippen LogP contribution in [0.2, 0.25) is 5.02 Å². The molecule has 4 saturated carbocycles. The van der Waals surface area contributed by atoms with E-state index in [2.05, 4.69) is 25.2 Å². The molecule has 2 unspecified atom stereocenters. The van der Waals surface area contributed by atoms with Crippen LogP contribution in [0.5, 0.6) is 5.75 Å². The summed E-state index contributed by atoms with van der Waals surface area (Å²) >= 11 is 6.23. The second kappa shape index (κ2) is 6.62. The summed E-state index contributed by atoms with van der Waals surface area (Å²) in [5.41, 5.74) is 2.58. The van der Waals surface area contributed by atoms with Gasteiger partial charge in [-0.1, -0.05) is 25.4 Å². The molecule has 1 aromatic carbocycles. The van der Waals surface area contributed by atoms with Gasteiger partial charge in [0.1, 0.15) is 5.75 Å². The zero-order chi connectivity index (χ0) is 17.0. The summed E-state index contributed by atoms with van der Waals surface area (Å²) in [5.74, 6) is 1.88. The molecule has 2 nitrogen and oxygen atoms in total. The molecule has 4 bridgehead atoms. The molecule has 5 rings (SSSR count). The first-order valence-corrected chi connectivity index (χ1v) is 9.87. The third-order valence-corrected chi connectivity index (χ3v) is 6.84. The summed E-state index contributed by atoms with van der Waals surface area (Å²) in [5, 5.41) is 4.77. The van der Waals surface area contributed by atoms with Gasteiger partial charge in [-0.05, 0) is 80.4 Å². The van der Waals surface area contributed by atoms with Crippen LogP contribution in [0.15, 0.2) is 18.2 Å². The number of hydrogen-bond acceptors (Lipinski definition) is 2. The van der Waals surface area contributed by atoms with Crippen molar-refractivity contribution < 1.29 is 4.74 Å². The minimum atomic E-state index is 0. The molecule has 4 aliphatic carbocycles. The Kier molecular flexibility index (Phi) is 5.12. The van der Waals surface area contributed by atoms with Crippen LogP contribution in [-0.2, 0) is 6.54 Å². The van der Waals surface area contributed by atoms with Crippen LogP contribution in [-0.4, -0.2) is 12.1 Å². The largest absolute Gasteiger partial charge is 0.494 e. The normalized spacial score (nSPS) is 38.5. The highest BCUT2D eigenvalue weighted by Crippen LogP contribution is 2.66. The second-order valence-corrected chi connectivity index (χ2v) is 9.89. The summed E-state index contributed by atoms with van der Waals surface area (Å²) in [4.78, 5) is 0. The summed E-state index contributed by atoms with van der Waals surface area (Å²) in [7, 11) is 0. The standard InChI is InChI=1S/C21H30ClNO.ClH/c1-4-24-18-6-5-17(22)7-16(18)11-23-21-10-15-8-19(2,13-21)12-20(3,9-15)14-21;/h5-7,15,23H,4,8-14H2,1-3H3;1H. The lowest BCUT2D eigenvalue weighted by molar-refractivity contribution is -0.118. The first-order chi connectivity index (χ1) is 11.3. The second-order valence-electron chi connectivity index (χ2n) is 9.45. The monoisotopic (exact) mass is 383 g/mol. The molecule has 0 aromatic heterocycles. The van der Waals surface area contributed by atoms with Crippen LogP contribution in [0.3, 0.4) is 0 Å². The van der Waals surface area contributed by atoms with E-state index < -0.39 is 0 Å². The van der Waals surface area contributed by atoms with Crippen LogP contribution in [0.1, 0.15) is 64.9 Å². The molecule has 4 heteroatoms. The maximum Gasteiger partial charge on any atom is 0.123 e. The average Bonchev–Trinajstić information content (AvgIpc) is 2.44. The van der Waals surface area contributed by atoms with Crippen molar-refractivity contribution >= 4 is 24.0 Å². The fourth-order valence-electron chi connectivity index (χ4n) is 6.91. The third kappa shape index (κ3) is 3.68. The van der Waals surface area contributed by atoms with Crippen molar-refractivity contribution in [2.45, 2.75) is 71.4 Å². The van der Waals surface area contributed by atoms with Gasteiger partial charge in [0.2, 0.25) is 0 Å². The molecule has 2 atom stereocenters. The van der Waals surface area contributed by atoms with Crippen LogP contribution < -0.4 is 10.1 Å². The van der Waals surface area contributed by atoms with Gasteiger partial charge in [0.05, 0.1) is 6.61 Å². The third-order valence-electron chi connectivity index (χ3n) is 6.60. The molecule has 1 aromatic rings. The predicted molar refractivity (Wildman–Crippen MR) is 107 cm³/mol. The molecule has 0 aliphatic heterocycles. The van der Waals surface area contributed by atoms with Gasteiger partial charge in [0, 0.05) is 22.7 Å². The Hall–Kier alpha value is -0.440. The first kappa shape index (κ1) is 19.3. The molecule has 4 fully saturated rings. The zero-order valence-corrected chi connectivity index (χ0v) is 17.2. The molecule has 0 heterocycles. The van der Waals surface area contributed by atoms with Crippen LogP contribution >= 0.6 is 24.0 Å². The van der Waals surface area contributed by atoms with Gasteiger partial charge in [-0.25, -0.2) is 0 Å². The lowest BCUT2D eigenvalue weighted by atomic mass is 9.43. The number of hydrogen-bond donors (Lipinski definition) is 1. The van der Waals surface area contributed by atoms with E-state index in [4.69, 9.17) is 16.3 Å². The summed E-state index contributed by atoms with van der Waals surface area (Å²) < 4.78 is 5.80. The van der Waals surface area contributed by atoms with Crippen molar-refractivity contribution in [3.8, 4) is 5.75 Å². The number of halogens is 2. The van der Waals surface area contributed by atoms with Crippen molar-refractivity contribution in [2.75, 3.05) is 6.61 Å². The van der Waals surface area contributed by atoms with Gasteiger partial charge in [0.25, 0.3) is 0 Å². The van der Waals surface area contributed by atoms with Crippen LogP contribution in [0.4, 0.5) is 0 Å². The van der Waals surface area contributed by atoms with E-state index in [1.165, 1.54) is 44.1 Å². The van der Waals surface area contributed by atoms with Gasteiger partial charge in [-0.15, -0.1) is 12.4 Å². The molecule has 1 N–H and O–H groups in total. The molecule has 4 aliphatic rings. The summed E-state index contributed by atoms with van der Waals surface area (Å²) in [6, 6.07) is 5.98. The SMILES string of the molecule is CCOc1ccc(Cl)cc1CNC12CC3CC(C)(CC(C)(C3)C1)C2.Cl. The number of rotatable bonds is 5. The maximum atomic E-state index is 6.23. The predicted octanol–water partition coefficient (Wildman–Crippen LogP) is 6.00. The Morgan fingerprint density at radius 3 is 2.40 bits per heavy atom. The maximum absolute atomic E-state index is 6.23. The van der Waals surface area contributed by atoms with Crippen molar-refractivity contribution in [1.82, 2.24) is 5.32 Å². The van der Waals surface area contributed by atoms with E-state index >= 15 is 0 Å². The number of ether oxygens (including phenoxy) is 1. The molecule has 0 amide bonds. The molecule has 0 spiro atoms. The molecule has 0 saturated heterocycles. The van der Waals surface area contributed by atoms with Crippen molar-refractivity contribution in [3.63, 3.8) is 0 Å². The highest BCUT2D eigenvalue weighted by atomic mass is 35.5. The fourth-order valence-corrected chi connectivity index (χ4v) is 7.10. The molecular formula is C21H31Cl2NO. The zero-order valence-electron chi connectivity index (χ0n) is 15.7. The lowest BCUT2D eigenvalue weighted by Gasteiger charge is -2.65. The highest BCUT2D eigenvalue weighted by molar-refractivity contribution is 6.30. The van der Waals surface area contributed by atoms with Gasteiger partial charge in [-0.2, -0.15) is 0 Å². The Balaban J connectivity index is 0.00000182. The van der Waals surface area contributed by atoms with Crippen LogP contribution in [0, 0.1) is 16.7 Å². The van der Waals surface area contributed by atoms with E-state index in [1.54, 1.807) is 0 Å². The average molecular weight is 384 g/mol. The summed E-state index contributed by atoms with van der Waals surface area (Å²) in [6.07, 6.45) is 8.30. The fraction of sp³-hybridized carbons (Fsp3) is 0.714.